The van der Waals surface area contributed by atoms with Gasteiger partial charge in [0.1, 0.15) is 0 Å². The third kappa shape index (κ3) is 3.49. The number of oxime groups is 1. The number of primary amides is 1. The molecule has 4 bridgehead atoms. The molecule has 6 aliphatic rings. The van der Waals surface area contributed by atoms with Crippen molar-refractivity contribution in [1.29, 1.82) is 0 Å². The zero-order valence-corrected chi connectivity index (χ0v) is 22.2. The van der Waals surface area contributed by atoms with Gasteiger partial charge in [0, 0.05) is 18.1 Å². The first-order chi connectivity index (χ1) is 18.6. The summed E-state index contributed by atoms with van der Waals surface area (Å²) in [5, 5.41) is 13.6. The van der Waals surface area contributed by atoms with Gasteiger partial charge in [-0.05, 0) is 99.9 Å². The van der Waals surface area contributed by atoms with Gasteiger partial charge < -0.3 is 25.1 Å². The van der Waals surface area contributed by atoms with Crippen LogP contribution in [0.15, 0.2) is 46.0 Å². The van der Waals surface area contributed by atoms with Crippen LogP contribution in [0.25, 0.3) is 11.0 Å². The van der Waals surface area contributed by atoms with Gasteiger partial charge in [0.25, 0.3) is 11.5 Å². The number of carbonyl (C=O) groups is 2. The monoisotopic (exact) mass is 531 g/mol. The van der Waals surface area contributed by atoms with E-state index >= 15 is 0 Å². The summed E-state index contributed by atoms with van der Waals surface area (Å²) in [6, 6.07) is 7.87. The lowest BCUT2D eigenvalue weighted by Gasteiger charge is -2.63. The number of para-hydroxylation sites is 2. The van der Waals surface area contributed by atoms with Crippen LogP contribution in [0, 0.1) is 17.3 Å². The highest BCUT2D eigenvalue weighted by Crippen LogP contribution is 2.82. The fourth-order valence-corrected chi connectivity index (χ4v) is 7.57. The Labute approximate surface area is 225 Å². The summed E-state index contributed by atoms with van der Waals surface area (Å²) in [5.41, 5.74) is 5.78. The van der Waals surface area contributed by atoms with Crippen molar-refractivity contribution >= 4 is 28.6 Å². The fourth-order valence-electron chi connectivity index (χ4n) is 7.57. The molecule has 2 saturated heterocycles. The predicted molar refractivity (Wildman–Crippen MR) is 143 cm³/mol. The van der Waals surface area contributed by atoms with E-state index in [9.17, 15) is 19.5 Å². The summed E-state index contributed by atoms with van der Waals surface area (Å²) in [7, 11) is 0. The van der Waals surface area contributed by atoms with Gasteiger partial charge in [-0.3, -0.25) is 9.59 Å². The van der Waals surface area contributed by atoms with Gasteiger partial charge >= 0.3 is 5.97 Å². The normalized spacial score (nSPS) is 30.1. The Hall–Kier alpha value is -3.69. The maximum atomic E-state index is 13.9. The molecule has 10 heteroatoms. The van der Waals surface area contributed by atoms with Crippen molar-refractivity contribution in [3.8, 4) is 0 Å². The molecular weight excluding hydrogens is 498 g/mol. The first-order valence-corrected chi connectivity index (χ1v) is 13.9. The van der Waals surface area contributed by atoms with Crippen LogP contribution in [0.5, 0.6) is 0 Å². The standard InChI is InChI=1S/C29H33N5O5/c1-28(2,27(30)38)39-32-24(26(36)37)23-25(35)34(22-6-4-3-5-21(22)31-23)17-11-15-7-8-16(12-17)33(15)14-18-19-13-20(18)29(19)9-10-29/h3-6,14-17,19-20H,7-13H2,1-2H3,(H2,30,38)(H,36,37)/b18-14?,32-24-/t15-,16+,17?,19?,20?. The van der Waals surface area contributed by atoms with Crippen LogP contribution in [-0.2, 0) is 14.4 Å². The van der Waals surface area contributed by atoms with Crippen molar-refractivity contribution < 1.29 is 19.5 Å². The molecule has 6 fully saturated rings. The molecule has 4 aliphatic carbocycles. The van der Waals surface area contributed by atoms with Crippen LogP contribution in [0.4, 0.5) is 0 Å². The van der Waals surface area contributed by atoms with Gasteiger partial charge in [-0.1, -0.05) is 17.3 Å². The van der Waals surface area contributed by atoms with Gasteiger partial charge in [-0.25, -0.2) is 9.78 Å². The van der Waals surface area contributed by atoms with Gasteiger partial charge in [0.05, 0.1) is 11.0 Å². The SMILES string of the molecule is CC(C)(O/N=C(\C(=O)O)c1nc2ccccc2n(C2C[C@H]3CC[C@@H](C2)N3C=C2C3CC2C32CC2)c1=O)C(N)=O. The van der Waals surface area contributed by atoms with Crippen molar-refractivity contribution in [1.82, 2.24) is 14.5 Å². The summed E-state index contributed by atoms with van der Waals surface area (Å²) in [5.74, 6) is -0.673. The number of carboxylic acid groups (broad SMARTS) is 1. The highest BCUT2D eigenvalue weighted by Gasteiger charge is 2.74. The van der Waals surface area contributed by atoms with E-state index in [0.717, 1.165) is 37.5 Å². The summed E-state index contributed by atoms with van der Waals surface area (Å²) < 4.78 is 1.71. The van der Waals surface area contributed by atoms with Gasteiger partial charge in [-0.15, -0.1) is 0 Å². The lowest BCUT2D eigenvalue weighted by molar-refractivity contribution is -0.140. The van der Waals surface area contributed by atoms with Crippen LogP contribution >= 0.6 is 0 Å². The molecule has 8 rings (SSSR count). The van der Waals surface area contributed by atoms with Crippen molar-refractivity contribution in [2.45, 2.75) is 82.5 Å². The number of piperidine rings is 1. The molecule has 2 aromatic rings. The Kier molecular flexibility index (Phi) is 5.10. The molecule has 3 heterocycles. The smallest absolute Gasteiger partial charge is 0.360 e. The number of hydrogen-bond acceptors (Lipinski definition) is 7. The number of aliphatic carboxylic acids is 1. The number of benzene rings is 1. The van der Waals surface area contributed by atoms with Crippen molar-refractivity contribution in [2.75, 3.05) is 0 Å². The Balaban J connectivity index is 1.24. The summed E-state index contributed by atoms with van der Waals surface area (Å²) in [6.45, 7) is 2.75. The largest absolute Gasteiger partial charge is 0.476 e. The second kappa shape index (κ2) is 8.16. The lowest BCUT2D eigenvalue weighted by atomic mass is 9.42. The molecule has 3 unspecified atom stereocenters. The third-order valence-corrected chi connectivity index (χ3v) is 10.1. The molecule has 0 radical (unpaired) electrons. The number of amides is 1. The summed E-state index contributed by atoms with van der Waals surface area (Å²) in [4.78, 5) is 50.0. The Bertz CT molecular complexity index is 1510. The molecule has 10 nitrogen and oxygen atoms in total. The Morgan fingerprint density at radius 1 is 1.13 bits per heavy atom. The lowest BCUT2D eigenvalue weighted by Crippen LogP contribution is -2.56. The number of fused-ring (bicyclic) bond motifs is 3. The minimum atomic E-state index is -1.56. The number of aromatic nitrogens is 2. The highest BCUT2D eigenvalue weighted by atomic mass is 16.7. The first-order valence-electron chi connectivity index (χ1n) is 13.9. The Morgan fingerprint density at radius 3 is 2.38 bits per heavy atom. The van der Waals surface area contributed by atoms with E-state index < -0.39 is 28.7 Å². The van der Waals surface area contributed by atoms with Crippen molar-refractivity contribution in [2.24, 2.45) is 28.1 Å². The molecule has 39 heavy (non-hydrogen) atoms. The molecular formula is C29H33N5O5. The van der Waals surface area contributed by atoms with E-state index in [1.54, 1.807) is 22.3 Å². The van der Waals surface area contributed by atoms with Crippen LogP contribution < -0.4 is 11.3 Å². The van der Waals surface area contributed by atoms with Crippen molar-refractivity contribution in [3.05, 3.63) is 52.1 Å². The zero-order chi connectivity index (χ0) is 27.3. The van der Waals surface area contributed by atoms with Crippen LogP contribution in [0.3, 0.4) is 0 Å². The minimum absolute atomic E-state index is 0.0972. The summed E-state index contributed by atoms with van der Waals surface area (Å²) >= 11 is 0. The number of allylic oxidation sites excluding steroid dienone is 1. The van der Waals surface area contributed by atoms with Crippen LogP contribution in [0.1, 0.15) is 70.5 Å². The van der Waals surface area contributed by atoms with E-state index in [1.807, 2.05) is 12.1 Å². The molecule has 2 aliphatic heterocycles. The average Bonchev–Trinajstić information content (AvgIpc) is 3.66. The van der Waals surface area contributed by atoms with E-state index in [4.69, 9.17) is 10.6 Å². The highest BCUT2D eigenvalue weighted by molar-refractivity contribution is 6.41. The van der Waals surface area contributed by atoms with Gasteiger partial charge in [0.2, 0.25) is 11.3 Å². The second-order valence-corrected chi connectivity index (χ2v) is 12.5. The number of rotatable bonds is 7. The van der Waals surface area contributed by atoms with E-state index in [2.05, 4.69) is 21.2 Å². The Morgan fingerprint density at radius 2 is 1.79 bits per heavy atom. The maximum absolute atomic E-state index is 13.9. The summed E-state index contributed by atoms with van der Waals surface area (Å²) in [6.07, 6.45) is 10.4. The zero-order valence-electron chi connectivity index (χ0n) is 22.2. The molecule has 5 atom stereocenters. The van der Waals surface area contributed by atoms with Gasteiger partial charge in [0.15, 0.2) is 5.69 Å². The first kappa shape index (κ1) is 24.4. The topological polar surface area (TPSA) is 140 Å². The molecule has 1 spiro atoms. The quantitative estimate of drug-likeness (QED) is 0.413. The number of hydrogen-bond donors (Lipinski definition) is 2. The number of nitrogens with two attached hydrogens (primary N) is 1. The number of carbonyl (C=O) groups excluding carboxylic acids is 1. The van der Waals surface area contributed by atoms with Crippen LogP contribution in [0.2, 0.25) is 0 Å². The molecule has 204 valence electrons. The number of carboxylic acids is 1. The van der Waals surface area contributed by atoms with Crippen molar-refractivity contribution in [3.63, 3.8) is 0 Å². The third-order valence-electron chi connectivity index (χ3n) is 10.1. The number of nitrogens with zero attached hydrogens (tertiary/aromatic N) is 4. The molecule has 3 N–H and O–H groups in total. The molecule has 1 aromatic heterocycles. The van der Waals surface area contributed by atoms with Crippen LogP contribution in [-0.4, -0.2) is 54.8 Å². The fraction of sp³-hybridized carbons (Fsp3) is 0.552. The molecule has 1 aromatic carbocycles. The van der Waals surface area contributed by atoms with E-state index in [-0.39, 0.29) is 11.7 Å². The molecule has 1 amide bonds. The van der Waals surface area contributed by atoms with Gasteiger partial charge in [-0.2, -0.15) is 0 Å². The van der Waals surface area contributed by atoms with E-state index in [1.165, 1.54) is 33.1 Å². The minimum Gasteiger partial charge on any atom is -0.476 e. The van der Waals surface area contributed by atoms with E-state index in [0.29, 0.717) is 28.5 Å². The second-order valence-electron chi connectivity index (χ2n) is 12.5. The average molecular weight is 532 g/mol. The molecule has 4 saturated carbocycles. The predicted octanol–water partition coefficient (Wildman–Crippen LogP) is 2.95. The maximum Gasteiger partial charge on any atom is 0.360 e.